The topological polar surface area (TPSA) is 53.9 Å². The van der Waals surface area contributed by atoms with Crippen molar-refractivity contribution in [1.82, 2.24) is 10.2 Å². The SMILES string of the molecule is c1cc(CNc2cn[nH]c2)co1. The standard InChI is InChI=1S/C8H9N3O/c1-2-12-6-7(1)3-9-8-4-10-11-5-8/h1-2,4-6,9H,3H2,(H,10,11). The number of aromatic nitrogens is 2. The minimum absolute atomic E-state index is 0.760. The molecular weight excluding hydrogens is 154 g/mol. The van der Waals surface area contributed by atoms with Crippen LogP contribution in [0.1, 0.15) is 5.56 Å². The van der Waals surface area contributed by atoms with Crippen molar-refractivity contribution in [3.63, 3.8) is 0 Å². The zero-order valence-electron chi connectivity index (χ0n) is 6.45. The number of rotatable bonds is 3. The number of hydrogen-bond acceptors (Lipinski definition) is 3. The number of H-pyrrole nitrogens is 1. The highest BCUT2D eigenvalue weighted by Gasteiger charge is 1.94. The molecule has 0 amide bonds. The van der Waals surface area contributed by atoms with Gasteiger partial charge >= 0.3 is 0 Å². The van der Waals surface area contributed by atoms with E-state index in [0.29, 0.717) is 0 Å². The van der Waals surface area contributed by atoms with Crippen molar-refractivity contribution in [3.05, 3.63) is 36.5 Å². The Morgan fingerprint density at radius 1 is 1.58 bits per heavy atom. The minimum Gasteiger partial charge on any atom is -0.472 e. The Hall–Kier alpha value is -1.71. The average Bonchev–Trinajstić information content (AvgIpc) is 2.74. The fraction of sp³-hybridized carbons (Fsp3) is 0.125. The molecule has 0 radical (unpaired) electrons. The molecule has 0 aliphatic carbocycles. The fourth-order valence-corrected chi connectivity index (χ4v) is 0.945. The van der Waals surface area contributed by atoms with E-state index in [9.17, 15) is 0 Å². The van der Waals surface area contributed by atoms with Gasteiger partial charge in [0.2, 0.25) is 0 Å². The number of furan rings is 1. The van der Waals surface area contributed by atoms with Crippen LogP contribution in [-0.2, 0) is 6.54 Å². The van der Waals surface area contributed by atoms with Crippen LogP contribution in [0.4, 0.5) is 5.69 Å². The molecule has 0 fully saturated rings. The quantitative estimate of drug-likeness (QED) is 0.722. The van der Waals surface area contributed by atoms with Crippen LogP contribution >= 0.6 is 0 Å². The van der Waals surface area contributed by atoms with Crippen LogP contribution in [0.5, 0.6) is 0 Å². The summed E-state index contributed by atoms with van der Waals surface area (Å²) >= 11 is 0. The summed E-state index contributed by atoms with van der Waals surface area (Å²) in [5, 5.41) is 9.71. The van der Waals surface area contributed by atoms with Crippen LogP contribution < -0.4 is 5.32 Å². The molecule has 0 spiro atoms. The Kier molecular flexibility index (Phi) is 1.82. The maximum absolute atomic E-state index is 4.92. The van der Waals surface area contributed by atoms with Crippen molar-refractivity contribution < 1.29 is 4.42 Å². The molecule has 2 aromatic heterocycles. The van der Waals surface area contributed by atoms with Gasteiger partial charge in [-0.3, -0.25) is 5.10 Å². The first kappa shape index (κ1) is 6.97. The number of aromatic amines is 1. The first-order valence-electron chi connectivity index (χ1n) is 3.69. The third kappa shape index (κ3) is 1.47. The molecule has 0 saturated heterocycles. The first-order chi connectivity index (χ1) is 5.95. The number of nitrogens with zero attached hydrogens (tertiary/aromatic N) is 1. The van der Waals surface area contributed by atoms with E-state index in [4.69, 9.17) is 4.42 Å². The second-order valence-electron chi connectivity index (χ2n) is 2.47. The van der Waals surface area contributed by atoms with Crippen molar-refractivity contribution >= 4 is 5.69 Å². The van der Waals surface area contributed by atoms with Gasteiger partial charge in [0.15, 0.2) is 0 Å². The molecule has 12 heavy (non-hydrogen) atoms. The summed E-state index contributed by atoms with van der Waals surface area (Å²) in [6.07, 6.45) is 6.92. The summed E-state index contributed by atoms with van der Waals surface area (Å²) in [4.78, 5) is 0. The van der Waals surface area contributed by atoms with E-state index >= 15 is 0 Å². The number of anilines is 1. The van der Waals surface area contributed by atoms with E-state index in [-0.39, 0.29) is 0 Å². The monoisotopic (exact) mass is 163 g/mol. The highest BCUT2D eigenvalue weighted by atomic mass is 16.3. The molecule has 2 rings (SSSR count). The Morgan fingerprint density at radius 3 is 3.25 bits per heavy atom. The van der Waals surface area contributed by atoms with Crippen LogP contribution in [0.2, 0.25) is 0 Å². The Bertz CT molecular complexity index is 278. The average molecular weight is 163 g/mol. The summed E-state index contributed by atoms with van der Waals surface area (Å²) in [6, 6.07) is 1.92. The van der Waals surface area contributed by atoms with E-state index < -0.39 is 0 Å². The van der Waals surface area contributed by atoms with Gasteiger partial charge in [-0.2, -0.15) is 5.10 Å². The van der Waals surface area contributed by atoms with Crippen molar-refractivity contribution in [2.75, 3.05) is 5.32 Å². The van der Waals surface area contributed by atoms with Crippen molar-refractivity contribution in [2.45, 2.75) is 6.54 Å². The second-order valence-corrected chi connectivity index (χ2v) is 2.47. The molecule has 0 aliphatic heterocycles. The summed E-state index contributed by atoms with van der Waals surface area (Å²) in [5.74, 6) is 0. The first-order valence-corrected chi connectivity index (χ1v) is 3.69. The van der Waals surface area contributed by atoms with Crippen LogP contribution in [0.25, 0.3) is 0 Å². The highest BCUT2D eigenvalue weighted by molar-refractivity contribution is 5.38. The predicted octanol–water partition coefficient (Wildman–Crippen LogP) is 1.61. The van der Waals surface area contributed by atoms with Crippen LogP contribution in [0, 0.1) is 0 Å². The van der Waals surface area contributed by atoms with Crippen molar-refractivity contribution in [3.8, 4) is 0 Å². The fourth-order valence-electron chi connectivity index (χ4n) is 0.945. The zero-order valence-corrected chi connectivity index (χ0v) is 6.45. The Labute approximate surface area is 69.6 Å². The molecule has 0 atom stereocenters. The lowest BCUT2D eigenvalue weighted by Gasteiger charge is -1.98. The molecule has 2 heterocycles. The van der Waals surface area contributed by atoms with E-state index in [1.54, 1.807) is 24.9 Å². The number of hydrogen-bond donors (Lipinski definition) is 2. The molecule has 0 aliphatic rings. The minimum atomic E-state index is 0.760. The van der Waals surface area contributed by atoms with E-state index in [0.717, 1.165) is 17.8 Å². The lowest BCUT2D eigenvalue weighted by molar-refractivity contribution is 0.564. The third-order valence-electron chi connectivity index (χ3n) is 1.57. The zero-order chi connectivity index (χ0) is 8.23. The molecule has 0 saturated carbocycles. The molecule has 4 heteroatoms. The van der Waals surface area contributed by atoms with Gasteiger partial charge in [0, 0.05) is 18.3 Å². The molecular formula is C8H9N3O. The van der Waals surface area contributed by atoms with Gasteiger partial charge in [-0.05, 0) is 6.07 Å². The summed E-state index contributed by atoms with van der Waals surface area (Å²) in [6.45, 7) is 0.760. The van der Waals surface area contributed by atoms with Gasteiger partial charge in [0.05, 0.1) is 24.4 Å². The molecule has 2 N–H and O–H groups in total. The molecule has 4 nitrogen and oxygen atoms in total. The van der Waals surface area contributed by atoms with E-state index in [1.807, 2.05) is 6.07 Å². The van der Waals surface area contributed by atoms with Gasteiger partial charge in [-0.15, -0.1) is 0 Å². The van der Waals surface area contributed by atoms with Gasteiger partial charge in [0.25, 0.3) is 0 Å². The van der Waals surface area contributed by atoms with Crippen LogP contribution in [0.15, 0.2) is 35.4 Å². The molecule has 0 bridgehead atoms. The molecule has 62 valence electrons. The van der Waals surface area contributed by atoms with E-state index in [1.165, 1.54) is 0 Å². The van der Waals surface area contributed by atoms with Crippen molar-refractivity contribution in [2.24, 2.45) is 0 Å². The van der Waals surface area contributed by atoms with E-state index in [2.05, 4.69) is 15.5 Å². The Balaban J connectivity index is 1.91. The largest absolute Gasteiger partial charge is 0.472 e. The Morgan fingerprint density at radius 2 is 2.58 bits per heavy atom. The van der Waals surface area contributed by atoms with Gasteiger partial charge in [-0.25, -0.2) is 0 Å². The summed E-state index contributed by atoms with van der Waals surface area (Å²) in [7, 11) is 0. The van der Waals surface area contributed by atoms with Gasteiger partial charge in [0.1, 0.15) is 0 Å². The predicted molar refractivity (Wildman–Crippen MR) is 44.6 cm³/mol. The van der Waals surface area contributed by atoms with Crippen LogP contribution in [-0.4, -0.2) is 10.2 Å². The summed E-state index contributed by atoms with van der Waals surface area (Å²) < 4.78 is 4.92. The second kappa shape index (κ2) is 3.13. The maximum Gasteiger partial charge on any atom is 0.0952 e. The maximum atomic E-state index is 4.92. The molecule has 2 aromatic rings. The van der Waals surface area contributed by atoms with Crippen LogP contribution in [0.3, 0.4) is 0 Å². The molecule has 0 unspecified atom stereocenters. The van der Waals surface area contributed by atoms with Gasteiger partial charge < -0.3 is 9.73 Å². The van der Waals surface area contributed by atoms with Crippen molar-refractivity contribution in [1.29, 1.82) is 0 Å². The lowest BCUT2D eigenvalue weighted by Crippen LogP contribution is -1.95. The highest BCUT2D eigenvalue weighted by Crippen LogP contribution is 2.05. The summed E-state index contributed by atoms with van der Waals surface area (Å²) in [5.41, 5.74) is 2.10. The molecule has 0 aromatic carbocycles. The van der Waals surface area contributed by atoms with Gasteiger partial charge in [-0.1, -0.05) is 0 Å². The number of nitrogens with one attached hydrogen (secondary N) is 2. The smallest absolute Gasteiger partial charge is 0.0952 e. The normalized spacial score (nSPS) is 10.0. The third-order valence-corrected chi connectivity index (χ3v) is 1.57. The lowest BCUT2D eigenvalue weighted by atomic mass is 10.3.